The molecule has 3 aromatic rings. The largest absolute Gasteiger partial charge is 0.496 e. The zero-order valence-corrected chi connectivity index (χ0v) is 16.2. The summed E-state index contributed by atoms with van der Waals surface area (Å²) in [6.45, 7) is 4.00. The summed E-state index contributed by atoms with van der Waals surface area (Å²) in [5, 5.41) is 5.36. The van der Waals surface area contributed by atoms with Gasteiger partial charge in [0.2, 0.25) is 0 Å². The second kappa shape index (κ2) is 8.26. The lowest BCUT2D eigenvalue weighted by Crippen LogP contribution is -2.33. The van der Waals surface area contributed by atoms with Crippen LogP contribution in [0.4, 0.5) is 0 Å². The average molecular weight is 382 g/mol. The Balaban J connectivity index is 1.85. The number of aromatic nitrogens is 1. The molecule has 1 fully saturated rings. The standard InChI is InChI=1S/C22H24ClN3O/c1-27-21-8-7-18(23)14-19(21)22(26-11-4-9-24-10-12-26)17-13-16-5-2-3-6-20(16)25-15-17/h2-3,5-8,13-15,22,24H,4,9-12H2,1H3. The molecule has 27 heavy (non-hydrogen) atoms. The zero-order chi connectivity index (χ0) is 18.6. The van der Waals surface area contributed by atoms with Gasteiger partial charge in [-0.1, -0.05) is 29.8 Å². The van der Waals surface area contributed by atoms with Crippen molar-refractivity contribution in [1.82, 2.24) is 15.2 Å². The zero-order valence-electron chi connectivity index (χ0n) is 15.5. The molecule has 5 heteroatoms. The number of halogens is 1. The molecule has 1 aliphatic heterocycles. The molecule has 0 bridgehead atoms. The number of fused-ring (bicyclic) bond motifs is 1. The van der Waals surface area contributed by atoms with Crippen LogP contribution in [0.1, 0.15) is 23.6 Å². The Hall–Kier alpha value is -2.14. The lowest BCUT2D eigenvalue weighted by molar-refractivity contribution is 0.236. The van der Waals surface area contributed by atoms with E-state index in [1.165, 1.54) is 0 Å². The topological polar surface area (TPSA) is 37.4 Å². The van der Waals surface area contributed by atoms with Crippen molar-refractivity contribution < 1.29 is 4.74 Å². The summed E-state index contributed by atoms with van der Waals surface area (Å²) in [5.74, 6) is 0.856. The fourth-order valence-electron chi connectivity index (χ4n) is 3.87. The Morgan fingerprint density at radius 3 is 2.89 bits per heavy atom. The van der Waals surface area contributed by atoms with Crippen molar-refractivity contribution >= 4 is 22.5 Å². The van der Waals surface area contributed by atoms with Crippen LogP contribution >= 0.6 is 11.6 Å². The van der Waals surface area contributed by atoms with Crippen LogP contribution in [-0.2, 0) is 0 Å². The monoisotopic (exact) mass is 381 g/mol. The molecule has 4 nitrogen and oxygen atoms in total. The first kappa shape index (κ1) is 18.2. The van der Waals surface area contributed by atoms with Crippen LogP contribution in [0.25, 0.3) is 10.9 Å². The molecular weight excluding hydrogens is 358 g/mol. The van der Waals surface area contributed by atoms with Crippen molar-refractivity contribution in [2.45, 2.75) is 12.5 Å². The average Bonchev–Trinajstić information content (AvgIpc) is 2.98. The van der Waals surface area contributed by atoms with Crippen LogP contribution < -0.4 is 10.1 Å². The fourth-order valence-corrected chi connectivity index (χ4v) is 4.05. The van der Waals surface area contributed by atoms with Gasteiger partial charge in [0.05, 0.1) is 18.7 Å². The second-order valence-electron chi connectivity index (χ2n) is 6.89. The first-order chi connectivity index (χ1) is 13.3. The lowest BCUT2D eigenvalue weighted by Gasteiger charge is -2.32. The second-order valence-corrected chi connectivity index (χ2v) is 7.33. The van der Waals surface area contributed by atoms with Gasteiger partial charge in [-0.15, -0.1) is 0 Å². The van der Waals surface area contributed by atoms with Crippen LogP contribution in [-0.4, -0.2) is 43.2 Å². The number of para-hydroxylation sites is 1. The van der Waals surface area contributed by atoms with E-state index >= 15 is 0 Å². The van der Waals surface area contributed by atoms with Crippen molar-refractivity contribution in [1.29, 1.82) is 0 Å². The summed E-state index contributed by atoms with van der Waals surface area (Å²) in [4.78, 5) is 7.21. The molecule has 1 aromatic heterocycles. The Bertz CT molecular complexity index is 922. The summed E-state index contributed by atoms with van der Waals surface area (Å²) in [5.41, 5.74) is 3.26. The number of nitrogens with zero attached hydrogens (tertiary/aromatic N) is 2. The highest BCUT2D eigenvalue weighted by Gasteiger charge is 2.26. The van der Waals surface area contributed by atoms with E-state index < -0.39 is 0 Å². The van der Waals surface area contributed by atoms with Gasteiger partial charge in [-0.3, -0.25) is 9.88 Å². The summed E-state index contributed by atoms with van der Waals surface area (Å²) in [6.07, 6.45) is 3.10. The normalized spacial score (nSPS) is 16.8. The molecule has 4 rings (SSSR count). The van der Waals surface area contributed by atoms with Gasteiger partial charge < -0.3 is 10.1 Å². The predicted molar refractivity (Wildman–Crippen MR) is 111 cm³/mol. The number of nitrogens with one attached hydrogen (secondary N) is 1. The number of benzene rings is 2. The maximum Gasteiger partial charge on any atom is 0.124 e. The number of ether oxygens (including phenoxy) is 1. The number of hydrogen-bond acceptors (Lipinski definition) is 4. The van der Waals surface area contributed by atoms with E-state index in [0.29, 0.717) is 0 Å². The molecule has 140 valence electrons. The number of methoxy groups -OCH3 is 1. The van der Waals surface area contributed by atoms with Crippen molar-refractivity contribution in [2.24, 2.45) is 0 Å². The van der Waals surface area contributed by atoms with E-state index in [4.69, 9.17) is 21.3 Å². The molecule has 1 saturated heterocycles. The quantitative estimate of drug-likeness (QED) is 0.731. The maximum absolute atomic E-state index is 6.37. The maximum atomic E-state index is 6.37. The molecule has 1 N–H and O–H groups in total. The van der Waals surface area contributed by atoms with Gasteiger partial charge in [-0.25, -0.2) is 0 Å². The fraction of sp³-hybridized carbons (Fsp3) is 0.318. The first-order valence-corrected chi connectivity index (χ1v) is 9.77. The van der Waals surface area contributed by atoms with E-state index in [9.17, 15) is 0 Å². The van der Waals surface area contributed by atoms with Crippen molar-refractivity contribution in [2.75, 3.05) is 33.3 Å². The van der Waals surface area contributed by atoms with E-state index in [0.717, 1.165) is 65.4 Å². The van der Waals surface area contributed by atoms with Gasteiger partial charge in [0, 0.05) is 41.8 Å². The lowest BCUT2D eigenvalue weighted by atomic mass is 9.96. The van der Waals surface area contributed by atoms with Crippen LogP contribution in [0.15, 0.2) is 54.7 Å². The van der Waals surface area contributed by atoms with Gasteiger partial charge in [0.15, 0.2) is 0 Å². The molecular formula is C22H24ClN3O. The molecule has 1 aliphatic rings. The molecule has 0 saturated carbocycles. The molecule has 1 atom stereocenters. The Labute approximate surface area is 165 Å². The summed E-state index contributed by atoms with van der Waals surface area (Å²) in [7, 11) is 1.71. The van der Waals surface area contributed by atoms with Crippen LogP contribution in [0.5, 0.6) is 5.75 Å². The molecule has 0 spiro atoms. The molecule has 1 unspecified atom stereocenters. The van der Waals surface area contributed by atoms with Gasteiger partial charge in [-0.05, 0) is 48.9 Å². The minimum Gasteiger partial charge on any atom is -0.496 e. The minimum atomic E-state index is 0.0515. The summed E-state index contributed by atoms with van der Waals surface area (Å²) in [6, 6.07) is 16.4. The number of hydrogen-bond donors (Lipinski definition) is 1. The van der Waals surface area contributed by atoms with E-state index in [1.807, 2.05) is 36.5 Å². The smallest absolute Gasteiger partial charge is 0.124 e. The third-order valence-corrected chi connectivity index (χ3v) is 5.39. The molecule has 0 radical (unpaired) electrons. The van der Waals surface area contributed by atoms with Crippen LogP contribution in [0.3, 0.4) is 0 Å². The van der Waals surface area contributed by atoms with Gasteiger partial charge in [0.25, 0.3) is 0 Å². The van der Waals surface area contributed by atoms with Gasteiger partial charge >= 0.3 is 0 Å². The van der Waals surface area contributed by atoms with Crippen molar-refractivity contribution in [3.8, 4) is 5.75 Å². The molecule has 2 heterocycles. The molecule has 0 amide bonds. The van der Waals surface area contributed by atoms with Crippen molar-refractivity contribution in [3.63, 3.8) is 0 Å². The SMILES string of the molecule is COc1ccc(Cl)cc1C(c1cnc2ccccc2c1)N1CCCNCC1. The Morgan fingerprint density at radius 1 is 1.11 bits per heavy atom. The highest BCUT2D eigenvalue weighted by Crippen LogP contribution is 2.37. The highest BCUT2D eigenvalue weighted by molar-refractivity contribution is 6.30. The number of rotatable bonds is 4. The summed E-state index contributed by atoms with van der Waals surface area (Å²) >= 11 is 6.37. The van der Waals surface area contributed by atoms with Gasteiger partial charge in [-0.2, -0.15) is 0 Å². The van der Waals surface area contributed by atoms with E-state index in [2.05, 4.69) is 28.4 Å². The Kier molecular flexibility index (Phi) is 5.58. The highest BCUT2D eigenvalue weighted by atomic mass is 35.5. The van der Waals surface area contributed by atoms with E-state index in [1.54, 1.807) is 7.11 Å². The van der Waals surface area contributed by atoms with Crippen LogP contribution in [0, 0.1) is 0 Å². The number of pyridine rings is 1. The third kappa shape index (κ3) is 3.93. The predicted octanol–water partition coefficient (Wildman–Crippen LogP) is 4.28. The summed E-state index contributed by atoms with van der Waals surface area (Å²) < 4.78 is 5.69. The third-order valence-electron chi connectivity index (χ3n) is 5.15. The first-order valence-electron chi connectivity index (χ1n) is 9.39. The van der Waals surface area contributed by atoms with Crippen molar-refractivity contribution in [3.05, 3.63) is 70.9 Å². The minimum absolute atomic E-state index is 0.0515. The van der Waals surface area contributed by atoms with Crippen LogP contribution in [0.2, 0.25) is 5.02 Å². The van der Waals surface area contributed by atoms with E-state index in [-0.39, 0.29) is 6.04 Å². The molecule has 2 aromatic carbocycles. The molecule has 0 aliphatic carbocycles. The Morgan fingerprint density at radius 2 is 2.00 bits per heavy atom. The van der Waals surface area contributed by atoms with Gasteiger partial charge in [0.1, 0.15) is 5.75 Å².